The molecule has 44 heavy (non-hydrogen) atoms. The van der Waals surface area contributed by atoms with E-state index < -0.39 is 53.9 Å². The molecular formula is C26H46N6O12. The van der Waals surface area contributed by atoms with Crippen LogP contribution in [-0.2, 0) is 35.2 Å². The third kappa shape index (κ3) is 25.4. The molecule has 1 aromatic carbocycles. The van der Waals surface area contributed by atoms with Crippen LogP contribution in [0.2, 0.25) is 0 Å². The molecule has 1 aliphatic rings. The van der Waals surface area contributed by atoms with Crippen molar-refractivity contribution in [1.29, 1.82) is 0 Å². The highest BCUT2D eigenvalue weighted by atomic mass is 16.4. The summed E-state index contributed by atoms with van der Waals surface area (Å²) in [6, 6.07) is 3.29. The lowest BCUT2D eigenvalue weighted by Crippen LogP contribution is -2.36. The SMILES string of the molecule is CCC(C)C(N)C(=O)O.NC(=O)CC(N)C(=O)O.NC(Cc1ccc(O)cc1)C(=O)O.NCC(=O)O.O=C(O)C1CCCN1. The van der Waals surface area contributed by atoms with Gasteiger partial charge in [0.2, 0.25) is 5.91 Å². The van der Waals surface area contributed by atoms with Gasteiger partial charge in [-0.15, -0.1) is 0 Å². The van der Waals surface area contributed by atoms with E-state index in [0.29, 0.717) is 0 Å². The fourth-order valence-corrected chi connectivity index (χ4v) is 2.67. The Morgan fingerprint density at radius 1 is 0.886 bits per heavy atom. The average molecular weight is 635 g/mol. The van der Waals surface area contributed by atoms with Crippen LogP contribution in [0.1, 0.15) is 45.1 Å². The van der Waals surface area contributed by atoms with Crippen LogP contribution in [0.5, 0.6) is 5.75 Å². The number of benzene rings is 1. The first-order valence-corrected chi connectivity index (χ1v) is 13.2. The van der Waals surface area contributed by atoms with Gasteiger partial charge in [0.05, 0.1) is 13.0 Å². The van der Waals surface area contributed by atoms with Gasteiger partial charge in [0.15, 0.2) is 0 Å². The molecule has 0 aromatic heterocycles. The Balaban J connectivity index is -0.000000493. The summed E-state index contributed by atoms with van der Waals surface area (Å²) in [7, 11) is 0. The number of phenols is 1. The maximum Gasteiger partial charge on any atom is 0.321 e. The van der Waals surface area contributed by atoms with Crippen molar-refractivity contribution in [2.75, 3.05) is 13.1 Å². The van der Waals surface area contributed by atoms with Gasteiger partial charge in [0.1, 0.15) is 29.9 Å². The molecule has 18 heteroatoms. The Bertz CT molecular complexity index is 1020. The standard InChI is InChI=1S/C9H11NO3.C6H13NO2.C5H9NO2.C4H8N2O3.C2H5NO2/c10-8(9(12)13)5-6-1-3-7(11)4-2-6;1-3-4(2)5(7)6(8)9;7-5(8)4-2-1-3-6-4;5-2(4(8)9)1-3(6)7;3-1-2(4)5/h1-4,8,11H,5,10H2,(H,12,13);4-5H,3,7H2,1-2H3,(H,8,9);4,6H,1-3H2,(H,7,8);2H,1,5H2,(H2,6,7)(H,8,9);1,3H2,(H,4,5). The number of primary amides is 1. The number of hydrogen-bond acceptors (Lipinski definition) is 12. The minimum Gasteiger partial charge on any atom is -0.508 e. The molecule has 18 nitrogen and oxygen atoms in total. The molecule has 0 aliphatic carbocycles. The predicted octanol–water partition coefficient (Wildman–Crippen LogP) is -2.08. The third-order valence-corrected chi connectivity index (χ3v) is 5.52. The Morgan fingerprint density at radius 3 is 1.59 bits per heavy atom. The zero-order valence-electron chi connectivity index (χ0n) is 24.7. The van der Waals surface area contributed by atoms with Crippen LogP contribution in [0.4, 0.5) is 0 Å². The van der Waals surface area contributed by atoms with Gasteiger partial charge in [0.25, 0.3) is 0 Å². The highest BCUT2D eigenvalue weighted by molar-refractivity contribution is 5.83. The average Bonchev–Trinajstić information content (AvgIpc) is 3.50. The zero-order chi connectivity index (χ0) is 35.0. The number of rotatable bonds is 11. The van der Waals surface area contributed by atoms with Crippen molar-refractivity contribution >= 4 is 35.8 Å². The van der Waals surface area contributed by atoms with Crippen LogP contribution in [0.25, 0.3) is 0 Å². The number of nitrogens with one attached hydrogen (secondary N) is 1. The maximum atomic E-state index is 10.4. The molecule has 17 N–H and O–H groups in total. The fraction of sp³-hybridized carbons (Fsp3) is 0.538. The molecule has 1 amide bonds. The predicted molar refractivity (Wildman–Crippen MR) is 157 cm³/mol. The van der Waals surface area contributed by atoms with Crippen molar-refractivity contribution in [3.05, 3.63) is 29.8 Å². The zero-order valence-corrected chi connectivity index (χ0v) is 24.7. The summed E-state index contributed by atoms with van der Waals surface area (Å²) in [5.41, 5.74) is 25.5. The monoisotopic (exact) mass is 634 g/mol. The van der Waals surface area contributed by atoms with E-state index in [1.54, 1.807) is 12.1 Å². The van der Waals surface area contributed by atoms with Crippen LogP contribution >= 0.6 is 0 Å². The van der Waals surface area contributed by atoms with Gasteiger partial charge in [-0.1, -0.05) is 32.4 Å². The lowest BCUT2D eigenvalue weighted by Gasteiger charge is -2.11. The molecule has 1 aromatic rings. The summed E-state index contributed by atoms with van der Waals surface area (Å²) < 4.78 is 0. The van der Waals surface area contributed by atoms with Crippen molar-refractivity contribution in [3.63, 3.8) is 0 Å². The Hall–Kier alpha value is -4.36. The summed E-state index contributed by atoms with van der Waals surface area (Å²) in [4.78, 5) is 59.8. The molecule has 5 atom stereocenters. The van der Waals surface area contributed by atoms with Crippen LogP contribution in [0.3, 0.4) is 0 Å². The first-order valence-electron chi connectivity index (χ1n) is 13.2. The minimum atomic E-state index is -1.21. The highest BCUT2D eigenvalue weighted by Crippen LogP contribution is 2.10. The first kappa shape index (κ1) is 44.1. The number of phenolic OH excluding ortho intramolecular Hbond substituents is 1. The molecule has 1 aliphatic heterocycles. The lowest BCUT2D eigenvalue weighted by molar-refractivity contribution is -0.140. The summed E-state index contributed by atoms with van der Waals surface area (Å²) in [5, 5.41) is 52.7. The summed E-state index contributed by atoms with van der Waals surface area (Å²) in [6.07, 6.45) is 2.56. The molecule has 252 valence electrons. The van der Waals surface area contributed by atoms with Crippen molar-refractivity contribution in [2.24, 2.45) is 34.6 Å². The molecule has 0 saturated carbocycles. The molecule has 2 rings (SSSR count). The smallest absolute Gasteiger partial charge is 0.321 e. The highest BCUT2D eigenvalue weighted by Gasteiger charge is 2.20. The summed E-state index contributed by atoms with van der Waals surface area (Å²) >= 11 is 0. The van der Waals surface area contributed by atoms with Crippen LogP contribution in [0, 0.1) is 5.92 Å². The molecule has 1 heterocycles. The quantitative estimate of drug-likeness (QED) is 0.124. The van der Waals surface area contributed by atoms with Crippen molar-refractivity contribution in [3.8, 4) is 5.75 Å². The lowest BCUT2D eigenvalue weighted by atomic mass is 10.0. The second-order valence-corrected chi connectivity index (χ2v) is 9.27. The van der Waals surface area contributed by atoms with Gasteiger partial charge in [-0.2, -0.15) is 0 Å². The van der Waals surface area contributed by atoms with E-state index in [2.05, 4.69) is 16.8 Å². The number of carboxylic acid groups (broad SMARTS) is 5. The third-order valence-electron chi connectivity index (χ3n) is 5.52. The van der Waals surface area contributed by atoms with E-state index in [0.717, 1.165) is 31.4 Å². The molecule has 5 unspecified atom stereocenters. The minimum absolute atomic E-state index is 0.0718. The van der Waals surface area contributed by atoms with Crippen LogP contribution < -0.4 is 34.0 Å². The molecule has 0 spiro atoms. The van der Waals surface area contributed by atoms with Gasteiger partial charge in [-0.3, -0.25) is 28.8 Å². The first-order chi connectivity index (χ1) is 20.3. The number of aliphatic carboxylic acids is 5. The van der Waals surface area contributed by atoms with Gasteiger partial charge in [0, 0.05) is 0 Å². The second kappa shape index (κ2) is 25.2. The van der Waals surface area contributed by atoms with E-state index in [1.165, 1.54) is 12.1 Å². The molecule has 1 saturated heterocycles. The van der Waals surface area contributed by atoms with Crippen molar-refractivity contribution < 1.29 is 59.4 Å². The topological polar surface area (TPSA) is 366 Å². The van der Waals surface area contributed by atoms with Gasteiger partial charge >= 0.3 is 29.8 Å². The number of carboxylic acids is 5. The Morgan fingerprint density at radius 2 is 1.36 bits per heavy atom. The maximum absolute atomic E-state index is 10.4. The van der Waals surface area contributed by atoms with Gasteiger partial charge in [-0.05, 0) is 49.4 Å². The number of nitrogens with two attached hydrogens (primary N) is 5. The summed E-state index contributed by atoms with van der Waals surface area (Å²) in [5.74, 6) is -5.31. The van der Waals surface area contributed by atoms with E-state index >= 15 is 0 Å². The van der Waals surface area contributed by atoms with Crippen LogP contribution in [-0.4, -0.2) is 104 Å². The molecule has 0 radical (unpaired) electrons. The molecular weight excluding hydrogens is 588 g/mol. The second-order valence-electron chi connectivity index (χ2n) is 9.27. The Kier molecular flexibility index (Phi) is 25.2. The number of aromatic hydroxyl groups is 1. The normalized spacial score (nSPS) is 15.6. The largest absolute Gasteiger partial charge is 0.508 e. The number of carbonyl (C=O) groups is 6. The number of amides is 1. The Labute approximate surface area is 254 Å². The van der Waals surface area contributed by atoms with Gasteiger partial charge in [-0.25, -0.2) is 0 Å². The van der Waals surface area contributed by atoms with Gasteiger partial charge < -0.3 is 64.6 Å². The molecule has 0 bridgehead atoms. The van der Waals surface area contributed by atoms with Crippen molar-refractivity contribution in [1.82, 2.24) is 5.32 Å². The van der Waals surface area contributed by atoms with E-state index in [9.17, 15) is 28.8 Å². The fourth-order valence-electron chi connectivity index (χ4n) is 2.67. The molecule has 1 fully saturated rings. The van der Waals surface area contributed by atoms with Crippen molar-refractivity contribution in [2.45, 2.75) is 70.1 Å². The number of hydrogen-bond donors (Lipinski definition) is 12. The van der Waals surface area contributed by atoms with Crippen LogP contribution in [0.15, 0.2) is 24.3 Å². The number of carbonyl (C=O) groups excluding carboxylic acids is 1. The van der Waals surface area contributed by atoms with E-state index in [1.807, 2.05) is 13.8 Å². The summed E-state index contributed by atoms with van der Waals surface area (Å²) in [6.45, 7) is 4.34. The van der Waals surface area contributed by atoms with E-state index in [-0.39, 0.29) is 37.1 Å². The van der Waals surface area contributed by atoms with E-state index in [4.69, 9.17) is 47.8 Å².